The fraction of sp³-hybridized carbons (Fsp3) is 0.500. The Morgan fingerprint density at radius 1 is 0.909 bits per heavy atom. The van der Waals surface area contributed by atoms with Crippen molar-refractivity contribution < 1.29 is 69.0 Å². The maximum atomic E-state index is 12.9. The molecule has 0 aromatic heterocycles. The van der Waals surface area contributed by atoms with E-state index < -0.39 is 74.0 Å². The van der Waals surface area contributed by atoms with Crippen LogP contribution in [0.4, 0.5) is 0 Å². The third-order valence-corrected chi connectivity index (χ3v) is 7.37. The van der Waals surface area contributed by atoms with Gasteiger partial charge in [0.05, 0.1) is 26.4 Å². The van der Waals surface area contributed by atoms with Gasteiger partial charge in [0.15, 0.2) is 30.2 Å². The van der Waals surface area contributed by atoms with Gasteiger partial charge in [0, 0.05) is 6.08 Å². The third-order valence-electron chi connectivity index (χ3n) is 7.37. The Kier molecular flexibility index (Phi) is 11.5. The van der Waals surface area contributed by atoms with Gasteiger partial charge >= 0.3 is 5.97 Å². The molecule has 7 N–H and O–H groups in total. The predicted octanol–water partition coefficient (Wildman–Crippen LogP) is -0.418. The van der Waals surface area contributed by atoms with Crippen molar-refractivity contribution in [1.82, 2.24) is 0 Å². The van der Waals surface area contributed by atoms with Gasteiger partial charge in [-0.3, -0.25) is 0 Å². The Morgan fingerprint density at radius 3 is 2.30 bits per heavy atom. The molecular formula is C30H38O14. The zero-order valence-corrected chi connectivity index (χ0v) is 24.1. The van der Waals surface area contributed by atoms with E-state index >= 15 is 0 Å². The van der Waals surface area contributed by atoms with Crippen molar-refractivity contribution in [3.63, 3.8) is 0 Å². The Balaban J connectivity index is 1.52. The number of aliphatic hydroxyl groups excluding tert-OH is 5. The SMILES string of the molecule is COc1ccc(/C=C\C(=O)O[C@H]2[C@H](O[C@H]3O[C@H](C)[C@@H](O)[C@H](O)[C@@H]3O)[C@@H](O)[C@H](OCCc3ccc(O)cc3)O[C@@H]2CO)cc1O. The van der Waals surface area contributed by atoms with Crippen molar-refractivity contribution in [2.75, 3.05) is 20.3 Å². The lowest BCUT2D eigenvalue weighted by Gasteiger charge is -2.46. The van der Waals surface area contributed by atoms with E-state index in [0.717, 1.165) is 11.6 Å². The van der Waals surface area contributed by atoms with Crippen LogP contribution in [0.3, 0.4) is 0 Å². The molecular weight excluding hydrogens is 584 g/mol. The molecule has 2 aromatic carbocycles. The molecule has 2 aliphatic rings. The molecule has 2 fully saturated rings. The Hall–Kier alpha value is -3.31. The van der Waals surface area contributed by atoms with Gasteiger partial charge in [0.2, 0.25) is 0 Å². The first-order valence-electron chi connectivity index (χ1n) is 14.0. The normalized spacial score (nSPS) is 32.4. The van der Waals surface area contributed by atoms with Gasteiger partial charge in [0.25, 0.3) is 0 Å². The van der Waals surface area contributed by atoms with Crippen molar-refractivity contribution in [3.05, 3.63) is 59.7 Å². The predicted molar refractivity (Wildman–Crippen MR) is 150 cm³/mol. The minimum atomic E-state index is -1.74. The maximum Gasteiger partial charge on any atom is 0.331 e. The number of hydrogen-bond acceptors (Lipinski definition) is 14. The third kappa shape index (κ3) is 8.04. The van der Waals surface area contributed by atoms with Crippen LogP contribution < -0.4 is 4.74 Å². The molecule has 0 saturated carbocycles. The lowest BCUT2D eigenvalue weighted by molar-refractivity contribution is -0.357. The quantitative estimate of drug-likeness (QED) is 0.125. The zero-order chi connectivity index (χ0) is 32.0. The second kappa shape index (κ2) is 15.1. The molecule has 2 aliphatic heterocycles. The summed E-state index contributed by atoms with van der Waals surface area (Å²) in [4.78, 5) is 12.9. The summed E-state index contributed by atoms with van der Waals surface area (Å²) < 4.78 is 33.4. The summed E-state index contributed by atoms with van der Waals surface area (Å²) in [6.45, 7) is 0.801. The van der Waals surface area contributed by atoms with Crippen LogP contribution in [0.5, 0.6) is 17.2 Å². The molecule has 242 valence electrons. The fourth-order valence-corrected chi connectivity index (χ4v) is 4.86. The highest BCUT2D eigenvalue weighted by Crippen LogP contribution is 2.32. The molecule has 0 spiro atoms. The van der Waals surface area contributed by atoms with Crippen LogP contribution in [-0.4, -0.2) is 123 Å². The van der Waals surface area contributed by atoms with E-state index in [4.69, 9.17) is 28.4 Å². The van der Waals surface area contributed by atoms with E-state index in [2.05, 4.69) is 0 Å². The molecule has 0 amide bonds. The van der Waals surface area contributed by atoms with Gasteiger partial charge in [-0.05, 0) is 54.8 Å². The Bertz CT molecular complexity index is 1250. The second-order valence-corrected chi connectivity index (χ2v) is 10.5. The summed E-state index contributed by atoms with van der Waals surface area (Å²) in [5.41, 5.74) is 1.26. The van der Waals surface area contributed by atoms with E-state index in [9.17, 15) is 40.5 Å². The van der Waals surface area contributed by atoms with Crippen molar-refractivity contribution >= 4 is 12.0 Å². The van der Waals surface area contributed by atoms with Gasteiger partial charge in [0.1, 0.15) is 42.4 Å². The highest BCUT2D eigenvalue weighted by Gasteiger charge is 2.52. The van der Waals surface area contributed by atoms with E-state index in [-0.39, 0.29) is 23.9 Å². The van der Waals surface area contributed by atoms with E-state index in [1.165, 1.54) is 44.4 Å². The summed E-state index contributed by atoms with van der Waals surface area (Å²) in [5.74, 6) is -0.732. The molecule has 14 nitrogen and oxygen atoms in total. The van der Waals surface area contributed by atoms with Gasteiger partial charge in [-0.2, -0.15) is 0 Å². The number of ether oxygens (including phenoxy) is 6. The number of aromatic hydroxyl groups is 2. The fourth-order valence-electron chi connectivity index (χ4n) is 4.86. The second-order valence-electron chi connectivity index (χ2n) is 10.5. The minimum absolute atomic E-state index is 0.0454. The highest BCUT2D eigenvalue weighted by molar-refractivity contribution is 5.87. The van der Waals surface area contributed by atoms with Crippen molar-refractivity contribution in [1.29, 1.82) is 0 Å². The van der Waals surface area contributed by atoms with Gasteiger partial charge in [-0.25, -0.2) is 4.79 Å². The van der Waals surface area contributed by atoms with Gasteiger partial charge in [-0.15, -0.1) is 0 Å². The smallest absolute Gasteiger partial charge is 0.331 e. The van der Waals surface area contributed by atoms with E-state index in [1.807, 2.05) is 0 Å². The average Bonchev–Trinajstić information content (AvgIpc) is 3.01. The number of hydrogen-bond donors (Lipinski definition) is 7. The lowest BCUT2D eigenvalue weighted by Crippen LogP contribution is -2.65. The average molecular weight is 623 g/mol. The first-order chi connectivity index (χ1) is 21.0. The number of phenols is 2. The minimum Gasteiger partial charge on any atom is -0.508 e. The van der Waals surface area contributed by atoms with Crippen molar-refractivity contribution in [2.24, 2.45) is 0 Å². The summed E-state index contributed by atoms with van der Waals surface area (Å²) in [5, 5.41) is 71.7. The first-order valence-corrected chi connectivity index (χ1v) is 14.0. The molecule has 2 heterocycles. The number of esters is 1. The molecule has 10 atom stereocenters. The van der Waals surface area contributed by atoms with Crippen LogP contribution in [0.25, 0.3) is 6.08 Å². The van der Waals surface area contributed by atoms with E-state index in [0.29, 0.717) is 12.0 Å². The molecule has 2 aromatic rings. The standard InChI is InChI=1S/C30H38O14/c1-15-23(35)24(36)25(37)30(41-15)44-28-26(38)29(40-12-11-16-3-7-18(32)8-4-16)42-21(14-31)27(28)43-22(34)10-6-17-5-9-20(39-2)19(33)13-17/h3-10,13,15,21,23-33,35-38H,11-12,14H2,1-2H3/b10-6-/t15-,21-,23-,24+,25+,26-,27-,28-,29-,30-/m1/s1. The van der Waals surface area contributed by atoms with Crippen LogP contribution in [0.15, 0.2) is 48.5 Å². The van der Waals surface area contributed by atoms with Crippen molar-refractivity contribution in [3.8, 4) is 17.2 Å². The van der Waals surface area contributed by atoms with Gasteiger partial charge < -0.3 is 64.2 Å². The molecule has 4 rings (SSSR count). The number of carbonyl (C=O) groups excluding carboxylic acids is 1. The number of aliphatic hydroxyl groups is 5. The van der Waals surface area contributed by atoms with Crippen molar-refractivity contribution in [2.45, 2.75) is 74.8 Å². The van der Waals surface area contributed by atoms with Crippen LogP contribution in [-0.2, 0) is 34.9 Å². The monoisotopic (exact) mass is 622 g/mol. The summed E-state index contributed by atoms with van der Waals surface area (Å²) in [7, 11) is 1.39. The lowest BCUT2D eigenvalue weighted by atomic mass is 9.97. The zero-order valence-electron chi connectivity index (χ0n) is 24.1. The molecule has 14 heteroatoms. The molecule has 0 aliphatic carbocycles. The van der Waals surface area contributed by atoms with Crippen LogP contribution in [0.1, 0.15) is 18.1 Å². The number of phenolic OH excluding ortho intramolecular Hbond substituents is 2. The maximum absolute atomic E-state index is 12.9. The van der Waals surface area contributed by atoms with Crippen LogP contribution >= 0.6 is 0 Å². The Labute approximate surface area is 253 Å². The highest BCUT2D eigenvalue weighted by atomic mass is 16.7. The molecule has 0 bridgehead atoms. The number of rotatable bonds is 11. The van der Waals surface area contributed by atoms with Crippen LogP contribution in [0.2, 0.25) is 0 Å². The summed E-state index contributed by atoms with van der Waals surface area (Å²) in [6, 6.07) is 10.9. The largest absolute Gasteiger partial charge is 0.508 e. The molecule has 0 radical (unpaired) electrons. The molecule has 44 heavy (non-hydrogen) atoms. The first kappa shape index (κ1) is 33.6. The molecule has 2 saturated heterocycles. The van der Waals surface area contributed by atoms with E-state index in [1.54, 1.807) is 18.2 Å². The summed E-state index contributed by atoms with van der Waals surface area (Å²) >= 11 is 0. The number of methoxy groups -OCH3 is 1. The Morgan fingerprint density at radius 2 is 1.64 bits per heavy atom. The topological polar surface area (TPSA) is 214 Å². The van der Waals surface area contributed by atoms with Gasteiger partial charge in [-0.1, -0.05) is 18.2 Å². The number of carbonyl (C=O) groups is 1. The summed E-state index contributed by atoms with van der Waals surface area (Å²) in [6.07, 6.45) is -11.8. The number of benzene rings is 2. The molecule has 0 unspecified atom stereocenters. The van der Waals surface area contributed by atoms with Crippen LogP contribution in [0, 0.1) is 0 Å².